The van der Waals surface area contributed by atoms with Crippen molar-refractivity contribution >= 4 is 5.91 Å². The summed E-state index contributed by atoms with van der Waals surface area (Å²) in [6.45, 7) is 1.10. The van der Waals surface area contributed by atoms with E-state index >= 15 is 0 Å². The summed E-state index contributed by atoms with van der Waals surface area (Å²) in [5, 5.41) is 0. The van der Waals surface area contributed by atoms with E-state index in [1.807, 2.05) is 11.0 Å². The van der Waals surface area contributed by atoms with Gasteiger partial charge in [0.15, 0.2) is 0 Å². The van der Waals surface area contributed by atoms with Crippen molar-refractivity contribution in [1.82, 2.24) is 4.90 Å². The molecule has 1 amide bonds. The first-order chi connectivity index (χ1) is 7.66. The summed E-state index contributed by atoms with van der Waals surface area (Å²) in [4.78, 5) is 12.9. The van der Waals surface area contributed by atoms with Gasteiger partial charge < -0.3 is 5.73 Å². The Hall–Kier alpha value is -1.42. The van der Waals surface area contributed by atoms with Crippen LogP contribution in [0.5, 0.6) is 0 Å². The average Bonchev–Trinajstić information content (AvgIpc) is 2.65. The van der Waals surface area contributed by atoms with Crippen LogP contribution >= 0.6 is 0 Å². The van der Waals surface area contributed by atoms with E-state index in [1.54, 1.807) is 6.07 Å². The maximum Gasteiger partial charge on any atom is 0.231 e. The molecule has 0 saturated carbocycles. The van der Waals surface area contributed by atoms with E-state index in [2.05, 4.69) is 0 Å². The number of hydrogen-bond acceptors (Lipinski definition) is 2. The van der Waals surface area contributed by atoms with Crippen molar-refractivity contribution in [2.24, 2.45) is 5.73 Å². The predicted octanol–water partition coefficient (Wildman–Crippen LogP) is 1.45. The lowest BCUT2D eigenvalue weighted by Gasteiger charge is -2.23. The highest BCUT2D eigenvalue weighted by atomic mass is 19.1. The number of benzene rings is 1. The fraction of sp³-hybridized carbons (Fsp3) is 0.417. The molecule has 1 aromatic rings. The molecule has 1 aliphatic heterocycles. The third-order valence-corrected chi connectivity index (χ3v) is 2.96. The second-order valence-electron chi connectivity index (χ2n) is 4.15. The second-order valence-corrected chi connectivity index (χ2v) is 4.15. The van der Waals surface area contributed by atoms with Gasteiger partial charge in [0.25, 0.3) is 0 Å². The summed E-state index contributed by atoms with van der Waals surface area (Å²) in [6.07, 6.45) is 1.98. The lowest BCUT2D eigenvalue weighted by molar-refractivity contribution is -0.119. The molecule has 1 saturated heterocycles. The molecule has 1 heterocycles. The average molecular weight is 222 g/mol. The first kappa shape index (κ1) is 11.1. The Kier molecular flexibility index (Phi) is 3.19. The lowest BCUT2D eigenvalue weighted by Crippen LogP contribution is -2.33. The molecule has 1 aromatic carbocycles. The number of amides is 1. The Morgan fingerprint density at radius 3 is 3.06 bits per heavy atom. The zero-order valence-corrected chi connectivity index (χ0v) is 9.03. The van der Waals surface area contributed by atoms with Crippen molar-refractivity contribution < 1.29 is 9.18 Å². The van der Waals surface area contributed by atoms with E-state index in [0.29, 0.717) is 0 Å². The molecule has 0 spiro atoms. The molecule has 0 radical (unpaired) electrons. The van der Waals surface area contributed by atoms with Gasteiger partial charge in [-0.15, -0.1) is 0 Å². The number of rotatable bonds is 3. The second kappa shape index (κ2) is 4.61. The van der Waals surface area contributed by atoms with Crippen molar-refractivity contribution in [3.05, 3.63) is 35.6 Å². The quantitative estimate of drug-likeness (QED) is 0.841. The fourth-order valence-corrected chi connectivity index (χ4v) is 2.31. The Labute approximate surface area is 94.0 Å². The highest BCUT2D eigenvalue weighted by molar-refractivity contribution is 5.76. The highest BCUT2D eigenvalue weighted by Crippen LogP contribution is 2.31. The number of hydrogen-bond donors (Lipinski definition) is 1. The van der Waals surface area contributed by atoms with Crippen LogP contribution in [0.1, 0.15) is 24.4 Å². The minimum atomic E-state index is -0.330. The normalized spacial score (nSPS) is 21.2. The Balaban J connectivity index is 2.16. The van der Waals surface area contributed by atoms with Gasteiger partial charge in [-0.05, 0) is 37.1 Å². The minimum absolute atomic E-state index is 0.128. The van der Waals surface area contributed by atoms with Gasteiger partial charge in [0, 0.05) is 6.04 Å². The van der Waals surface area contributed by atoms with Crippen LogP contribution in [0, 0.1) is 5.82 Å². The summed E-state index contributed by atoms with van der Waals surface area (Å²) in [5.41, 5.74) is 6.12. The monoisotopic (exact) mass is 222 g/mol. The molecule has 1 aliphatic rings. The summed E-state index contributed by atoms with van der Waals surface area (Å²) < 4.78 is 13.1. The number of likely N-dealkylation sites (tertiary alicyclic amines) is 1. The van der Waals surface area contributed by atoms with Gasteiger partial charge in [-0.1, -0.05) is 12.1 Å². The Bertz CT molecular complexity index is 394. The maximum absolute atomic E-state index is 13.1. The number of carbonyl (C=O) groups is 1. The summed E-state index contributed by atoms with van der Waals surface area (Å²) in [5.74, 6) is -0.563. The topological polar surface area (TPSA) is 46.3 Å². The summed E-state index contributed by atoms with van der Waals surface area (Å²) >= 11 is 0. The number of nitrogens with zero attached hydrogens (tertiary/aromatic N) is 1. The van der Waals surface area contributed by atoms with Crippen LogP contribution < -0.4 is 5.73 Å². The van der Waals surface area contributed by atoms with Gasteiger partial charge in [-0.3, -0.25) is 9.69 Å². The smallest absolute Gasteiger partial charge is 0.231 e. The van der Waals surface area contributed by atoms with Crippen LogP contribution in [0.2, 0.25) is 0 Å². The van der Waals surface area contributed by atoms with E-state index in [9.17, 15) is 9.18 Å². The van der Waals surface area contributed by atoms with Crippen LogP contribution in [-0.4, -0.2) is 23.9 Å². The highest BCUT2D eigenvalue weighted by Gasteiger charge is 2.26. The van der Waals surface area contributed by atoms with E-state index in [1.165, 1.54) is 12.1 Å². The van der Waals surface area contributed by atoms with Gasteiger partial charge >= 0.3 is 0 Å². The molecule has 0 aromatic heterocycles. The molecule has 1 unspecified atom stereocenters. The molecule has 4 heteroatoms. The Morgan fingerprint density at radius 1 is 1.56 bits per heavy atom. The molecule has 2 N–H and O–H groups in total. The minimum Gasteiger partial charge on any atom is -0.369 e. The van der Waals surface area contributed by atoms with Crippen molar-refractivity contribution in [2.75, 3.05) is 13.1 Å². The summed E-state index contributed by atoms with van der Waals surface area (Å²) in [6, 6.07) is 6.68. The number of carbonyl (C=O) groups excluding carboxylic acids is 1. The van der Waals surface area contributed by atoms with Crippen molar-refractivity contribution in [3.8, 4) is 0 Å². The van der Waals surface area contributed by atoms with Crippen LogP contribution in [0.3, 0.4) is 0 Å². The largest absolute Gasteiger partial charge is 0.369 e. The van der Waals surface area contributed by atoms with Crippen molar-refractivity contribution in [3.63, 3.8) is 0 Å². The van der Waals surface area contributed by atoms with Crippen LogP contribution in [0.25, 0.3) is 0 Å². The molecule has 1 atom stereocenters. The van der Waals surface area contributed by atoms with Crippen LogP contribution in [-0.2, 0) is 4.79 Å². The molecule has 0 aliphatic carbocycles. The Morgan fingerprint density at radius 2 is 2.38 bits per heavy atom. The number of nitrogens with two attached hydrogens (primary N) is 1. The first-order valence-corrected chi connectivity index (χ1v) is 5.44. The molecular weight excluding hydrogens is 207 g/mol. The number of halogens is 1. The molecule has 3 nitrogen and oxygen atoms in total. The third kappa shape index (κ3) is 2.39. The standard InChI is InChI=1S/C12H15FN2O/c13-10-4-1-3-9(7-10)11-5-2-6-15(11)8-12(14)16/h1,3-4,7,11H,2,5-6,8H2,(H2,14,16). The van der Waals surface area contributed by atoms with E-state index in [0.717, 1.165) is 24.9 Å². The molecule has 0 bridgehead atoms. The van der Waals surface area contributed by atoms with Crippen molar-refractivity contribution in [1.29, 1.82) is 0 Å². The van der Waals surface area contributed by atoms with E-state index in [4.69, 9.17) is 5.73 Å². The zero-order chi connectivity index (χ0) is 11.5. The number of primary amides is 1. The van der Waals surface area contributed by atoms with Gasteiger partial charge in [0.1, 0.15) is 5.82 Å². The van der Waals surface area contributed by atoms with Gasteiger partial charge in [-0.2, -0.15) is 0 Å². The van der Waals surface area contributed by atoms with Crippen LogP contribution in [0.4, 0.5) is 4.39 Å². The predicted molar refractivity (Wildman–Crippen MR) is 59.1 cm³/mol. The molecule has 2 rings (SSSR count). The molecule has 16 heavy (non-hydrogen) atoms. The van der Waals surface area contributed by atoms with E-state index in [-0.39, 0.29) is 24.3 Å². The van der Waals surface area contributed by atoms with Gasteiger partial charge in [0.2, 0.25) is 5.91 Å². The first-order valence-electron chi connectivity index (χ1n) is 5.44. The SMILES string of the molecule is NC(=O)CN1CCCC1c1cccc(F)c1. The zero-order valence-electron chi connectivity index (χ0n) is 9.03. The third-order valence-electron chi connectivity index (χ3n) is 2.96. The molecule has 86 valence electrons. The fourth-order valence-electron chi connectivity index (χ4n) is 2.31. The molecule has 1 fully saturated rings. The van der Waals surface area contributed by atoms with Gasteiger partial charge in [-0.25, -0.2) is 4.39 Å². The lowest BCUT2D eigenvalue weighted by atomic mass is 10.0. The van der Waals surface area contributed by atoms with Crippen LogP contribution in [0.15, 0.2) is 24.3 Å². The molecular formula is C12H15FN2O. The van der Waals surface area contributed by atoms with E-state index < -0.39 is 0 Å². The van der Waals surface area contributed by atoms with Crippen molar-refractivity contribution in [2.45, 2.75) is 18.9 Å². The van der Waals surface area contributed by atoms with Gasteiger partial charge in [0.05, 0.1) is 6.54 Å². The maximum atomic E-state index is 13.1. The summed E-state index contributed by atoms with van der Waals surface area (Å²) in [7, 11) is 0.